The van der Waals surface area contributed by atoms with E-state index in [1.165, 1.54) is 24.3 Å². The van der Waals surface area contributed by atoms with Crippen molar-refractivity contribution >= 4 is 33.7 Å². The van der Waals surface area contributed by atoms with Gasteiger partial charge < -0.3 is 28.8 Å². The number of hydrogen-bond acceptors (Lipinski definition) is 4. The van der Waals surface area contributed by atoms with Crippen molar-refractivity contribution in [1.82, 2.24) is 9.13 Å². The van der Waals surface area contributed by atoms with Crippen molar-refractivity contribution in [3.05, 3.63) is 203 Å². The van der Waals surface area contributed by atoms with Crippen LogP contribution in [0.1, 0.15) is 43.2 Å². The Bertz CT molecular complexity index is 2430. The van der Waals surface area contributed by atoms with E-state index in [-0.39, 0.29) is 24.6 Å². The fraction of sp³-hybridized carbons (Fsp3) is 0.0870. The lowest BCUT2D eigenvalue weighted by atomic mass is 10.2. The van der Waals surface area contributed by atoms with Crippen LogP contribution in [0.4, 0.5) is 8.78 Å². The molecule has 10 heteroatoms. The molecular formula is C46H36F2N2O6. The molecule has 0 aliphatic carbocycles. The summed E-state index contributed by atoms with van der Waals surface area (Å²) in [6, 6.07) is 46.4. The topological polar surface area (TPSA) is 103 Å². The third-order valence-electron chi connectivity index (χ3n) is 9.17. The molecule has 2 N–H and O–H groups in total. The van der Waals surface area contributed by atoms with Gasteiger partial charge in [0.15, 0.2) is 0 Å². The molecule has 0 spiro atoms. The van der Waals surface area contributed by atoms with Gasteiger partial charge in [-0.15, -0.1) is 0 Å². The molecule has 0 saturated carbocycles. The first-order valence-corrected chi connectivity index (χ1v) is 17.8. The maximum Gasteiger partial charge on any atom is 0.352 e. The fourth-order valence-corrected chi connectivity index (χ4v) is 6.52. The van der Waals surface area contributed by atoms with Crippen LogP contribution in [-0.2, 0) is 26.3 Å². The smallest absolute Gasteiger partial charge is 0.352 e. The van der Waals surface area contributed by atoms with Gasteiger partial charge in [-0.3, -0.25) is 0 Å². The Labute approximate surface area is 321 Å². The minimum atomic E-state index is -1.07. The molecule has 0 saturated heterocycles. The highest BCUT2D eigenvalue weighted by molar-refractivity contribution is 5.98. The lowest BCUT2D eigenvalue weighted by molar-refractivity contribution is 0.0675. The van der Waals surface area contributed by atoms with Crippen LogP contribution in [0, 0.1) is 11.6 Å². The molecular weight excluding hydrogens is 715 g/mol. The predicted octanol–water partition coefficient (Wildman–Crippen LogP) is 10.2. The number of carboxylic acid groups (broad SMARTS) is 2. The maximum atomic E-state index is 14.3. The average Bonchev–Trinajstić information content (AvgIpc) is 3.76. The summed E-state index contributed by atoms with van der Waals surface area (Å²) < 4.78 is 43.5. The zero-order valence-corrected chi connectivity index (χ0v) is 30.0. The van der Waals surface area contributed by atoms with Crippen molar-refractivity contribution in [3.63, 3.8) is 0 Å². The van der Waals surface area contributed by atoms with E-state index in [1.54, 1.807) is 21.3 Å². The molecule has 8 rings (SSSR count). The van der Waals surface area contributed by atoms with Crippen molar-refractivity contribution < 1.29 is 38.1 Å². The normalized spacial score (nSPS) is 10.9. The van der Waals surface area contributed by atoms with E-state index in [0.29, 0.717) is 46.4 Å². The first-order chi connectivity index (χ1) is 27.2. The van der Waals surface area contributed by atoms with Gasteiger partial charge in [-0.05, 0) is 46.5 Å². The summed E-state index contributed by atoms with van der Waals surface area (Å²) >= 11 is 0. The molecule has 0 aliphatic rings. The molecule has 56 heavy (non-hydrogen) atoms. The number of hydrogen-bond donors (Lipinski definition) is 2. The highest BCUT2D eigenvalue weighted by Crippen LogP contribution is 2.33. The lowest BCUT2D eigenvalue weighted by Gasteiger charge is -2.11. The van der Waals surface area contributed by atoms with Crippen LogP contribution in [0.25, 0.3) is 21.8 Å². The molecule has 0 bridgehead atoms. The summed E-state index contributed by atoms with van der Waals surface area (Å²) in [4.78, 5) is 23.6. The van der Waals surface area contributed by atoms with Crippen LogP contribution in [0.2, 0.25) is 0 Å². The van der Waals surface area contributed by atoms with E-state index in [0.717, 1.165) is 22.3 Å². The van der Waals surface area contributed by atoms with E-state index in [2.05, 4.69) is 0 Å². The van der Waals surface area contributed by atoms with Crippen LogP contribution < -0.4 is 9.47 Å². The number of rotatable bonds is 12. The van der Waals surface area contributed by atoms with E-state index in [4.69, 9.17) is 9.47 Å². The number of halogens is 2. The molecule has 0 radical (unpaired) electrons. The minimum absolute atomic E-state index is 0.0917. The molecule has 0 amide bonds. The zero-order chi connectivity index (χ0) is 39.0. The number of carboxylic acids is 2. The van der Waals surface area contributed by atoms with E-state index < -0.39 is 23.6 Å². The Balaban J connectivity index is 0.000000172. The standard InChI is InChI=1S/2C23H18FNO3/c2*24-18-11-20-19(22(12-18)28-15-17-9-5-2-6-10-17)13-21(23(26)27)25(20)14-16-7-3-1-4-8-16/h2*1-13H,14-15H2,(H,26,27). The van der Waals surface area contributed by atoms with Crippen LogP contribution in [0.5, 0.6) is 11.5 Å². The third kappa shape index (κ3) is 8.61. The molecule has 2 aromatic heterocycles. The minimum Gasteiger partial charge on any atom is -0.488 e. The molecule has 8 nitrogen and oxygen atoms in total. The van der Waals surface area contributed by atoms with Gasteiger partial charge in [-0.25, -0.2) is 18.4 Å². The first-order valence-electron chi connectivity index (χ1n) is 17.8. The summed E-state index contributed by atoms with van der Waals surface area (Å²) in [6.45, 7) is 1.19. The van der Waals surface area contributed by atoms with Crippen molar-refractivity contribution in [2.75, 3.05) is 0 Å². The SMILES string of the molecule is O=C(O)c1cc2c(OCc3ccccc3)cc(F)cc2n1Cc1ccccc1.O=C(O)c1cc2c(OCc3ccccc3)cc(F)cc2n1Cc1ccccc1. The second kappa shape index (κ2) is 16.9. The van der Waals surface area contributed by atoms with Gasteiger partial charge in [0.05, 0.1) is 11.0 Å². The number of fused-ring (bicyclic) bond motifs is 2. The predicted molar refractivity (Wildman–Crippen MR) is 210 cm³/mol. The molecule has 8 aromatic rings. The van der Waals surface area contributed by atoms with Crippen LogP contribution in [0.15, 0.2) is 158 Å². The molecule has 0 unspecified atom stereocenters. The summed E-state index contributed by atoms with van der Waals surface area (Å²) in [5.74, 6) is -2.43. The maximum absolute atomic E-state index is 14.3. The van der Waals surface area contributed by atoms with Gasteiger partial charge in [-0.1, -0.05) is 121 Å². The summed E-state index contributed by atoms with van der Waals surface area (Å²) in [7, 11) is 0. The summed E-state index contributed by atoms with van der Waals surface area (Å²) in [5, 5.41) is 20.5. The first kappa shape index (κ1) is 37.1. The molecule has 0 atom stereocenters. The monoisotopic (exact) mass is 750 g/mol. The van der Waals surface area contributed by atoms with Crippen LogP contribution in [0.3, 0.4) is 0 Å². The van der Waals surface area contributed by atoms with Crippen molar-refractivity contribution in [3.8, 4) is 11.5 Å². The number of aromatic nitrogens is 2. The molecule has 280 valence electrons. The largest absolute Gasteiger partial charge is 0.488 e. The molecule has 0 fully saturated rings. The molecule has 6 aromatic carbocycles. The third-order valence-corrected chi connectivity index (χ3v) is 9.17. The van der Waals surface area contributed by atoms with Gasteiger partial charge in [0, 0.05) is 36.0 Å². The van der Waals surface area contributed by atoms with Gasteiger partial charge in [0.1, 0.15) is 47.7 Å². The molecule has 0 aliphatic heterocycles. The second-order valence-electron chi connectivity index (χ2n) is 13.0. The average molecular weight is 751 g/mol. The number of aromatic carboxylic acids is 2. The molecule has 2 heterocycles. The summed E-state index contributed by atoms with van der Waals surface area (Å²) in [6.07, 6.45) is 0. The lowest BCUT2D eigenvalue weighted by Crippen LogP contribution is -2.09. The van der Waals surface area contributed by atoms with Crippen molar-refractivity contribution in [2.24, 2.45) is 0 Å². The summed E-state index contributed by atoms with van der Waals surface area (Å²) in [5.41, 5.74) is 4.91. The highest BCUT2D eigenvalue weighted by atomic mass is 19.1. The van der Waals surface area contributed by atoms with Gasteiger partial charge in [0.25, 0.3) is 0 Å². The van der Waals surface area contributed by atoms with Gasteiger partial charge in [0.2, 0.25) is 0 Å². The fourth-order valence-electron chi connectivity index (χ4n) is 6.52. The second-order valence-corrected chi connectivity index (χ2v) is 13.0. The number of carbonyl (C=O) groups is 2. The van der Waals surface area contributed by atoms with E-state index >= 15 is 0 Å². The van der Waals surface area contributed by atoms with Gasteiger partial charge >= 0.3 is 11.9 Å². The zero-order valence-electron chi connectivity index (χ0n) is 30.0. The Morgan fingerprint density at radius 2 is 0.786 bits per heavy atom. The highest BCUT2D eigenvalue weighted by Gasteiger charge is 2.21. The quantitative estimate of drug-likeness (QED) is 0.129. The van der Waals surface area contributed by atoms with E-state index in [1.807, 2.05) is 121 Å². The Hall–Kier alpha value is -7.20. The number of ether oxygens (including phenoxy) is 2. The van der Waals surface area contributed by atoms with Crippen LogP contribution >= 0.6 is 0 Å². The number of nitrogens with zero attached hydrogens (tertiary/aromatic N) is 2. The Kier molecular flexibility index (Phi) is 11.2. The van der Waals surface area contributed by atoms with Crippen LogP contribution in [-0.4, -0.2) is 31.3 Å². The Morgan fingerprint density at radius 3 is 1.11 bits per heavy atom. The van der Waals surface area contributed by atoms with E-state index in [9.17, 15) is 28.6 Å². The Morgan fingerprint density at radius 1 is 0.464 bits per heavy atom. The number of benzene rings is 6. The van der Waals surface area contributed by atoms with Crippen molar-refractivity contribution in [1.29, 1.82) is 0 Å². The van der Waals surface area contributed by atoms with Gasteiger partial charge in [-0.2, -0.15) is 0 Å². The van der Waals surface area contributed by atoms with Crippen molar-refractivity contribution in [2.45, 2.75) is 26.3 Å².